The Morgan fingerprint density at radius 1 is 1.60 bits per heavy atom. The van der Waals surface area contributed by atoms with Crippen LogP contribution < -0.4 is 0 Å². The average Bonchev–Trinajstić information content (AvgIpc) is 2.15. The van der Waals surface area contributed by atoms with Gasteiger partial charge in [-0.05, 0) is 32.1 Å². The topological polar surface area (TPSA) is 0 Å². The van der Waals surface area contributed by atoms with Crippen LogP contribution in [0.4, 0.5) is 0 Å². The van der Waals surface area contributed by atoms with Crippen molar-refractivity contribution in [2.45, 2.75) is 37.4 Å². The number of hydrogen-bond donors (Lipinski definition) is 0. The second-order valence-electron chi connectivity index (χ2n) is 3.37. The van der Waals surface area contributed by atoms with Crippen LogP contribution in [0.25, 0.3) is 0 Å². The second kappa shape index (κ2) is 3.56. The van der Waals surface area contributed by atoms with Crippen molar-refractivity contribution in [3.63, 3.8) is 0 Å². The Kier molecular flexibility index (Phi) is 2.96. The lowest BCUT2D eigenvalue weighted by Crippen LogP contribution is -2.05. The van der Waals surface area contributed by atoms with Crippen LogP contribution in [0, 0.1) is 5.92 Å². The van der Waals surface area contributed by atoms with Gasteiger partial charge in [0.15, 0.2) is 0 Å². The Labute approximate surface area is 71.8 Å². The third kappa shape index (κ3) is 2.12. The van der Waals surface area contributed by atoms with Crippen LogP contribution in [0.2, 0.25) is 0 Å². The molecule has 0 aromatic rings. The van der Waals surface area contributed by atoms with Gasteiger partial charge in [0.1, 0.15) is 0 Å². The van der Waals surface area contributed by atoms with Crippen molar-refractivity contribution in [3.8, 4) is 0 Å². The lowest BCUT2D eigenvalue weighted by molar-refractivity contribution is 0.560. The quantitative estimate of drug-likeness (QED) is 0.475. The molecule has 0 aliphatic heterocycles. The van der Waals surface area contributed by atoms with Gasteiger partial charge in [-0.15, -0.1) is 6.58 Å². The Morgan fingerprint density at radius 2 is 2.30 bits per heavy atom. The van der Waals surface area contributed by atoms with Crippen LogP contribution in [0.5, 0.6) is 0 Å². The normalized spacial score (nSPS) is 32.6. The van der Waals surface area contributed by atoms with Crippen LogP contribution in [0.15, 0.2) is 12.2 Å². The Bertz CT molecular complexity index is 129. The fraction of sp³-hybridized carbons (Fsp3) is 0.778. The van der Waals surface area contributed by atoms with Gasteiger partial charge in [0.05, 0.1) is 0 Å². The molecule has 0 radical (unpaired) electrons. The number of allylic oxidation sites excluding steroid dienone is 1. The van der Waals surface area contributed by atoms with E-state index in [-0.39, 0.29) is 0 Å². The van der Waals surface area contributed by atoms with E-state index in [0.717, 1.165) is 10.7 Å². The van der Waals surface area contributed by atoms with Crippen LogP contribution in [-0.2, 0) is 0 Å². The van der Waals surface area contributed by atoms with E-state index in [9.17, 15) is 0 Å². The van der Waals surface area contributed by atoms with E-state index in [1.807, 2.05) is 0 Å². The minimum absolute atomic E-state index is 0.768. The summed E-state index contributed by atoms with van der Waals surface area (Å²) in [5.41, 5.74) is 1.33. The number of halogens is 1. The molecule has 10 heavy (non-hydrogen) atoms. The van der Waals surface area contributed by atoms with Crippen molar-refractivity contribution in [1.29, 1.82) is 0 Å². The molecule has 0 saturated heterocycles. The summed E-state index contributed by atoms with van der Waals surface area (Å²) >= 11 is 3.69. The number of alkyl halides is 1. The fourth-order valence-corrected chi connectivity index (χ4v) is 2.44. The first-order valence-electron chi connectivity index (χ1n) is 3.98. The molecule has 0 aromatic heterocycles. The van der Waals surface area contributed by atoms with Gasteiger partial charge in [-0.3, -0.25) is 0 Å². The number of rotatable bonds is 2. The maximum atomic E-state index is 3.93. The minimum Gasteiger partial charge on any atom is -0.100 e. The summed E-state index contributed by atoms with van der Waals surface area (Å²) in [4.78, 5) is 0.768. The first kappa shape index (κ1) is 8.32. The van der Waals surface area contributed by atoms with Gasteiger partial charge in [-0.25, -0.2) is 0 Å². The highest BCUT2D eigenvalue weighted by Crippen LogP contribution is 2.35. The Morgan fingerprint density at radius 3 is 2.70 bits per heavy atom. The van der Waals surface area contributed by atoms with Gasteiger partial charge in [-0.1, -0.05) is 27.9 Å². The first-order chi connectivity index (χ1) is 4.70. The highest BCUT2D eigenvalue weighted by Gasteiger charge is 2.24. The summed E-state index contributed by atoms with van der Waals surface area (Å²) in [5.74, 6) is 0.873. The highest BCUT2D eigenvalue weighted by molar-refractivity contribution is 9.09. The van der Waals surface area contributed by atoms with E-state index in [1.165, 1.54) is 31.3 Å². The zero-order valence-electron chi connectivity index (χ0n) is 6.57. The van der Waals surface area contributed by atoms with E-state index in [4.69, 9.17) is 0 Å². The second-order valence-corrected chi connectivity index (χ2v) is 4.54. The SMILES string of the molecule is C=C(C)CC1CCCC1Br. The van der Waals surface area contributed by atoms with E-state index < -0.39 is 0 Å². The predicted octanol–water partition coefficient (Wildman–Crippen LogP) is 3.52. The zero-order valence-corrected chi connectivity index (χ0v) is 8.15. The molecule has 1 fully saturated rings. The maximum Gasteiger partial charge on any atom is 0.0177 e. The van der Waals surface area contributed by atoms with E-state index >= 15 is 0 Å². The molecule has 0 spiro atoms. The third-order valence-corrected chi connectivity index (χ3v) is 3.38. The molecule has 0 N–H and O–H groups in total. The van der Waals surface area contributed by atoms with Gasteiger partial charge >= 0.3 is 0 Å². The molecule has 0 aromatic carbocycles. The van der Waals surface area contributed by atoms with Crippen LogP contribution in [0.3, 0.4) is 0 Å². The molecule has 1 saturated carbocycles. The Balaban J connectivity index is 2.33. The van der Waals surface area contributed by atoms with Gasteiger partial charge in [-0.2, -0.15) is 0 Å². The fourth-order valence-electron chi connectivity index (χ4n) is 1.67. The first-order valence-corrected chi connectivity index (χ1v) is 4.90. The summed E-state index contributed by atoms with van der Waals surface area (Å²) in [7, 11) is 0. The van der Waals surface area contributed by atoms with Crippen LogP contribution in [0.1, 0.15) is 32.6 Å². The minimum atomic E-state index is 0.768. The van der Waals surface area contributed by atoms with Crippen LogP contribution in [-0.4, -0.2) is 4.83 Å². The molecule has 0 heterocycles. The molecular weight excluding hydrogens is 188 g/mol. The molecule has 2 atom stereocenters. The van der Waals surface area contributed by atoms with Crippen molar-refractivity contribution >= 4 is 15.9 Å². The molecule has 1 aliphatic carbocycles. The summed E-state index contributed by atoms with van der Waals surface area (Å²) in [5, 5.41) is 0. The van der Waals surface area contributed by atoms with E-state index in [0.29, 0.717) is 0 Å². The van der Waals surface area contributed by atoms with Crippen molar-refractivity contribution in [2.24, 2.45) is 5.92 Å². The van der Waals surface area contributed by atoms with Crippen molar-refractivity contribution in [3.05, 3.63) is 12.2 Å². The molecule has 0 nitrogen and oxygen atoms in total. The van der Waals surface area contributed by atoms with Gasteiger partial charge in [0.2, 0.25) is 0 Å². The van der Waals surface area contributed by atoms with Crippen LogP contribution >= 0.6 is 15.9 Å². The third-order valence-electron chi connectivity index (χ3n) is 2.18. The average molecular weight is 203 g/mol. The summed E-state index contributed by atoms with van der Waals surface area (Å²) in [6.45, 7) is 6.06. The smallest absolute Gasteiger partial charge is 0.0177 e. The van der Waals surface area contributed by atoms with E-state index in [1.54, 1.807) is 0 Å². The maximum absolute atomic E-state index is 3.93. The summed E-state index contributed by atoms with van der Waals surface area (Å²) in [6, 6.07) is 0. The molecular formula is C9H15Br. The number of hydrogen-bond acceptors (Lipinski definition) is 0. The Hall–Kier alpha value is 0.220. The zero-order chi connectivity index (χ0) is 7.56. The largest absolute Gasteiger partial charge is 0.100 e. The molecule has 0 bridgehead atoms. The molecule has 0 amide bonds. The van der Waals surface area contributed by atoms with Crippen molar-refractivity contribution < 1.29 is 0 Å². The van der Waals surface area contributed by atoms with Gasteiger partial charge < -0.3 is 0 Å². The van der Waals surface area contributed by atoms with Crippen molar-refractivity contribution in [2.75, 3.05) is 0 Å². The lowest BCUT2D eigenvalue weighted by Gasteiger charge is -2.12. The molecule has 2 unspecified atom stereocenters. The lowest BCUT2D eigenvalue weighted by atomic mass is 10.00. The highest BCUT2D eigenvalue weighted by atomic mass is 79.9. The molecule has 1 heteroatoms. The molecule has 1 rings (SSSR count). The summed E-state index contributed by atoms with van der Waals surface area (Å²) in [6.07, 6.45) is 5.37. The van der Waals surface area contributed by atoms with Gasteiger partial charge in [0, 0.05) is 4.83 Å². The van der Waals surface area contributed by atoms with Crippen molar-refractivity contribution in [1.82, 2.24) is 0 Å². The summed E-state index contributed by atoms with van der Waals surface area (Å²) < 4.78 is 0. The molecule has 58 valence electrons. The van der Waals surface area contributed by atoms with Gasteiger partial charge in [0.25, 0.3) is 0 Å². The molecule has 1 aliphatic rings. The predicted molar refractivity (Wildman–Crippen MR) is 49.5 cm³/mol. The standard InChI is InChI=1S/C9H15Br/c1-7(2)6-8-4-3-5-9(8)10/h8-9H,1,3-6H2,2H3. The monoisotopic (exact) mass is 202 g/mol. The van der Waals surface area contributed by atoms with E-state index in [2.05, 4.69) is 29.4 Å².